The average molecular weight is 375 g/mol. The van der Waals surface area contributed by atoms with Gasteiger partial charge in [0.2, 0.25) is 5.91 Å². The fourth-order valence-corrected chi connectivity index (χ4v) is 3.65. The molecule has 1 fully saturated rings. The van der Waals surface area contributed by atoms with Gasteiger partial charge in [0.1, 0.15) is 5.82 Å². The first-order valence-electron chi connectivity index (χ1n) is 8.98. The lowest BCUT2D eigenvalue weighted by Crippen LogP contribution is -2.43. The lowest BCUT2D eigenvalue weighted by atomic mass is 9.96. The number of amides is 1. The van der Waals surface area contributed by atoms with Crippen LogP contribution in [0.1, 0.15) is 24.0 Å². The summed E-state index contributed by atoms with van der Waals surface area (Å²) in [5, 5.41) is 0.732. The van der Waals surface area contributed by atoms with E-state index in [9.17, 15) is 9.18 Å². The largest absolute Gasteiger partial charge is 0.341 e. The normalized spacial score (nSPS) is 17.9. The molecule has 1 amide bonds. The number of nitrogens with zero attached hydrogens (tertiary/aromatic N) is 2. The molecule has 0 aromatic heterocycles. The van der Waals surface area contributed by atoms with Gasteiger partial charge < -0.3 is 4.90 Å². The number of carbonyl (C=O) groups excluding carboxylic acids is 1. The monoisotopic (exact) mass is 374 g/mol. The molecular weight excluding hydrogens is 351 g/mol. The summed E-state index contributed by atoms with van der Waals surface area (Å²) in [6.07, 6.45) is 1.88. The van der Waals surface area contributed by atoms with Crippen LogP contribution in [-0.4, -0.2) is 35.8 Å². The summed E-state index contributed by atoms with van der Waals surface area (Å²) < 4.78 is 13.8. The Morgan fingerprint density at radius 1 is 1.23 bits per heavy atom. The molecule has 1 atom stereocenters. The van der Waals surface area contributed by atoms with Crippen LogP contribution in [0.2, 0.25) is 5.02 Å². The van der Waals surface area contributed by atoms with E-state index in [0.717, 1.165) is 37.5 Å². The molecule has 3 rings (SSSR count). The summed E-state index contributed by atoms with van der Waals surface area (Å²) >= 11 is 5.94. The zero-order chi connectivity index (χ0) is 18.5. The Kier molecular flexibility index (Phi) is 6.28. The molecule has 0 spiro atoms. The highest BCUT2D eigenvalue weighted by atomic mass is 35.5. The Labute approximate surface area is 159 Å². The van der Waals surface area contributed by atoms with Gasteiger partial charge in [0.15, 0.2) is 0 Å². The first-order valence-corrected chi connectivity index (χ1v) is 9.36. The van der Waals surface area contributed by atoms with Crippen molar-refractivity contribution in [2.24, 2.45) is 5.92 Å². The Hall–Kier alpha value is -1.91. The van der Waals surface area contributed by atoms with E-state index < -0.39 is 0 Å². The molecule has 1 saturated heterocycles. The highest BCUT2D eigenvalue weighted by Gasteiger charge is 2.28. The molecule has 2 aromatic rings. The van der Waals surface area contributed by atoms with Crippen molar-refractivity contribution in [2.75, 3.05) is 20.1 Å². The first-order chi connectivity index (χ1) is 12.5. The molecule has 5 heteroatoms. The Morgan fingerprint density at radius 3 is 2.69 bits per heavy atom. The summed E-state index contributed by atoms with van der Waals surface area (Å²) in [7, 11) is 1.76. The smallest absolute Gasteiger partial charge is 0.227 e. The molecule has 2 aromatic carbocycles. The maximum absolute atomic E-state index is 13.8. The number of benzene rings is 2. The van der Waals surface area contributed by atoms with Gasteiger partial charge in [-0.25, -0.2) is 4.39 Å². The molecule has 0 radical (unpaired) electrons. The molecule has 1 heterocycles. The van der Waals surface area contributed by atoms with E-state index in [-0.39, 0.29) is 17.6 Å². The van der Waals surface area contributed by atoms with E-state index >= 15 is 0 Å². The van der Waals surface area contributed by atoms with E-state index in [1.807, 2.05) is 24.3 Å². The first kappa shape index (κ1) is 18.9. The Balaban J connectivity index is 1.58. The second-order valence-corrected chi connectivity index (χ2v) is 7.42. The quantitative estimate of drug-likeness (QED) is 0.776. The topological polar surface area (TPSA) is 23.6 Å². The summed E-state index contributed by atoms with van der Waals surface area (Å²) in [5.41, 5.74) is 1.75. The fourth-order valence-electron chi connectivity index (χ4n) is 3.52. The molecule has 26 heavy (non-hydrogen) atoms. The maximum Gasteiger partial charge on any atom is 0.227 e. The summed E-state index contributed by atoms with van der Waals surface area (Å²) in [6, 6.07) is 14.5. The highest BCUT2D eigenvalue weighted by Crippen LogP contribution is 2.22. The third kappa shape index (κ3) is 4.83. The molecule has 1 aliphatic rings. The minimum atomic E-state index is -0.264. The van der Waals surface area contributed by atoms with Gasteiger partial charge in [0.25, 0.3) is 0 Å². The van der Waals surface area contributed by atoms with Gasteiger partial charge in [0.05, 0.1) is 5.92 Å². The van der Waals surface area contributed by atoms with Crippen molar-refractivity contribution in [3.63, 3.8) is 0 Å². The molecule has 0 bridgehead atoms. The van der Waals surface area contributed by atoms with Crippen molar-refractivity contribution in [1.29, 1.82) is 0 Å². The second kappa shape index (κ2) is 8.65. The fraction of sp³-hybridized carbons (Fsp3) is 0.381. The van der Waals surface area contributed by atoms with E-state index in [1.54, 1.807) is 30.1 Å². The standard InChI is InChI=1S/C21H24ClFN2O/c1-24(14-17-5-2-3-7-20(17)23)21(26)18-6-4-12-25(15-18)13-16-8-10-19(22)11-9-16/h2-3,5,7-11,18H,4,6,12-15H2,1H3/t18-/m1/s1. The van der Waals surface area contributed by atoms with Crippen molar-refractivity contribution < 1.29 is 9.18 Å². The SMILES string of the molecule is CN(Cc1ccccc1F)C(=O)[C@@H]1CCCN(Cc2ccc(Cl)cc2)C1. The molecular formula is C21H24ClFN2O. The number of halogens is 2. The van der Waals surface area contributed by atoms with Gasteiger partial charge >= 0.3 is 0 Å². The van der Waals surface area contributed by atoms with E-state index in [1.165, 1.54) is 11.6 Å². The number of rotatable bonds is 5. The second-order valence-electron chi connectivity index (χ2n) is 6.99. The minimum absolute atomic E-state index is 0.0344. The molecule has 1 aliphatic heterocycles. The third-order valence-corrected chi connectivity index (χ3v) is 5.17. The van der Waals surface area contributed by atoms with Crippen LogP contribution in [-0.2, 0) is 17.9 Å². The average Bonchev–Trinajstić information content (AvgIpc) is 2.65. The van der Waals surface area contributed by atoms with Crippen molar-refractivity contribution in [3.8, 4) is 0 Å². The number of hydrogen-bond acceptors (Lipinski definition) is 2. The van der Waals surface area contributed by atoms with E-state index in [0.29, 0.717) is 12.1 Å². The lowest BCUT2D eigenvalue weighted by molar-refractivity contribution is -0.136. The van der Waals surface area contributed by atoms with E-state index in [2.05, 4.69) is 4.90 Å². The van der Waals surface area contributed by atoms with Gasteiger partial charge in [-0.3, -0.25) is 9.69 Å². The van der Waals surface area contributed by atoms with Gasteiger partial charge in [-0.15, -0.1) is 0 Å². The Bertz CT molecular complexity index is 750. The van der Waals surface area contributed by atoms with Crippen LogP contribution in [0.5, 0.6) is 0 Å². The number of carbonyl (C=O) groups is 1. The predicted octanol–water partition coefficient (Wildman–Crippen LogP) is 4.35. The number of likely N-dealkylation sites (tertiary alicyclic amines) is 1. The molecule has 138 valence electrons. The van der Waals surface area contributed by atoms with Crippen molar-refractivity contribution >= 4 is 17.5 Å². The maximum atomic E-state index is 13.8. The van der Waals surface area contributed by atoms with Crippen molar-refractivity contribution in [1.82, 2.24) is 9.80 Å². The van der Waals surface area contributed by atoms with Crippen LogP contribution in [0.4, 0.5) is 4.39 Å². The number of hydrogen-bond donors (Lipinski definition) is 0. The van der Waals surface area contributed by atoms with E-state index in [4.69, 9.17) is 11.6 Å². The number of piperidine rings is 1. The molecule has 0 saturated carbocycles. The van der Waals surface area contributed by atoms with Gasteiger partial charge in [-0.2, -0.15) is 0 Å². The Morgan fingerprint density at radius 2 is 1.96 bits per heavy atom. The molecule has 0 unspecified atom stereocenters. The van der Waals surface area contributed by atoms with Gasteiger partial charge in [-0.05, 0) is 43.1 Å². The summed E-state index contributed by atoms with van der Waals surface area (Å²) in [6.45, 7) is 2.85. The molecule has 3 nitrogen and oxygen atoms in total. The van der Waals surface area contributed by atoms with Crippen molar-refractivity contribution in [2.45, 2.75) is 25.9 Å². The third-order valence-electron chi connectivity index (χ3n) is 4.92. The van der Waals surface area contributed by atoms with Crippen LogP contribution >= 0.6 is 11.6 Å². The summed E-state index contributed by atoms with van der Waals surface area (Å²) in [4.78, 5) is 16.8. The van der Waals surface area contributed by atoms with Crippen LogP contribution in [0.3, 0.4) is 0 Å². The van der Waals surface area contributed by atoms with Crippen LogP contribution in [0.25, 0.3) is 0 Å². The van der Waals surface area contributed by atoms with Crippen LogP contribution < -0.4 is 0 Å². The van der Waals surface area contributed by atoms with Crippen LogP contribution in [0.15, 0.2) is 48.5 Å². The summed E-state index contributed by atoms with van der Waals surface area (Å²) in [5.74, 6) is -0.206. The lowest BCUT2D eigenvalue weighted by Gasteiger charge is -2.34. The molecule has 0 N–H and O–H groups in total. The zero-order valence-electron chi connectivity index (χ0n) is 15.0. The van der Waals surface area contributed by atoms with Gasteiger partial charge in [-0.1, -0.05) is 41.9 Å². The zero-order valence-corrected chi connectivity index (χ0v) is 15.8. The van der Waals surface area contributed by atoms with Gasteiger partial charge in [0, 0.05) is 37.3 Å². The minimum Gasteiger partial charge on any atom is -0.341 e. The molecule has 0 aliphatic carbocycles. The highest BCUT2D eigenvalue weighted by molar-refractivity contribution is 6.30. The van der Waals surface area contributed by atoms with Crippen molar-refractivity contribution in [3.05, 3.63) is 70.5 Å². The van der Waals surface area contributed by atoms with Crippen LogP contribution in [0, 0.1) is 11.7 Å². The predicted molar refractivity (Wildman–Crippen MR) is 102 cm³/mol.